The van der Waals surface area contributed by atoms with Crippen LogP contribution in [-0.2, 0) is 16.0 Å². The van der Waals surface area contributed by atoms with Crippen LogP contribution in [-0.4, -0.2) is 26.4 Å². The highest BCUT2D eigenvalue weighted by Gasteiger charge is 1.95. The second-order valence-electron chi connectivity index (χ2n) is 4.39. The lowest BCUT2D eigenvalue weighted by Gasteiger charge is -2.03. The van der Waals surface area contributed by atoms with E-state index in [1.807, 2.05) is 18.2 Å². The van der Waals surface area contributed by atoms with Crippen LogP contribution in [0.5, 0.6) is 0 Å². The number of allylic oxidation sites excluding steroid dienone is 1. The maximum Gasteiger partial charge on any atom is 0.508 e. The summed E-state index contributed by atoms with van der Waals surface area (Å²) in [6.45, 7) is 2.21. The monoisotopic (exact) mass is 277 g/mol. The molecule has 0 amide bonds. The molecule has 1 rings (SSSR count). The topological polar surface area (TPSA) is 47.6 Å². The Labute approximate surface area is 120 Å². The third kappa shape index (κ3) is 8.32. The van der Waals surface area contributed by atoms with Crippen LogP contribution in [0.3, 0.4) is 0 Å². The molecule has 1 N–H and O–H groups in total. The van der Waals surface area contributed by atoms with Crippen LogP contribution in [0.1, 0.15) is 24.8 Å². The fourth-order valence-corrected chi connectivity index (χ4v) is 1.70. The standard InChI is InChI=1S/C16H23NO3/c1-19-16(18)20-13-9-4-2-3-8-12-17-14-15-10-6-5-7-11-15/h4-7,9-11,17H,2-3,8,12-14H2,1H3. The van der Waals surface area contributed by atoms with Gasteiger partial charge in [0.1, 0.15) is 6.61 Å². The van der Waals surface area contributed by atoms with Crippen LogP contribution in [0.25, 0.3) is 0 Å². The lowest BCUT2D eigenvalue weighted by Crippen LogP contribution is -2.14. The van der Waals surface area contributed by atoms with E-state index >= 15 is 0 Å². The van der Waals surface area contributed by atoms with Gasteiger partial charge in [-0.05, 0) is 31.4 Å². The first-order chi connectivity index (χ1) is 9.83. The maximum atomic E-state index is 10.6. The second-order valence-corrected chi connectivity index (χ2v) is 4.39. The van der Waals surface area contributed by atoms with Crippen LogP contribution in [0.15, 0.2) is 42.5 Å². The zero-order valence-electron chi connectivity index (χ0n) is 12.0. The van der Waals surface area contributed by atoms with Crippen molar-refractivity contribution >= 4 is 6.16 Å². The number of methoxy groups -OCH3 is 1. The van der Waals surface area contributed by atoms with Gasteiger partial charge in [-0.15, -0.1) is 0 Å². The van der Waals surface area contributed by atoms with Crippen LogP contribution in [0, 0.1) is 0 Å². The van der Waals surface area contributed by atoms with Gasteiger partial charge in [0.15, 0.2) is 0 Å². The second kappa shape index (κ2) is 11.1. The quantitative estimate of drug-likeness (QED) is 0.427. The van der Waals surface area contributed by atoms with E-state index < -0.39 is 6.16 Å². The van der Waals surface area contributed by atoms with Gasteiger partial charge in [-0.3, -0.25) is 0 Å². The first-order valence-electron chi connectivity index (χ1n) is 6.93. The van der Waals surface area contributed by atoms with Crippen molar-refractivity contribution in [2.75, 3.05) is 20.3 Å². The summed E-state index contributed by atoms with van der Waals surface area (Å²) < 4.78 is 9.08. The Morgan fingerprint density at radius 3 is 2.75 bits per heavy atom. The van der Waals surface area contributed by atoms with E-state index in [1.165, 1.54) is 12.7 Å². The van der Waals surface area contributed by atoms with Crippen molar-refractivity contribution in [1.82, 2.24) is 5.32 Å². The Hall–Kier alpha value is -1.81. The Bertz CT molecular complexity index is 390. The molecule has 4 heteroatoms. The SMILES string of the molecule is COC(=O)OCC=CCCCCNCc1ccccc1. The van der Waals surface area contributed by atoms with Crippen molar-refractivity contribution < 1.29 is 14.3 Å². The van der Waals surface area contributed by atoms with Crippen molar-refractivity contribution in [1.29, 1.82) is 0 Å². The average Bonchev–Trinajstić information content (AvgIpc) is 2.50. The summed E-state index contributed by atoms with van der Waals surface area (Å²) in [7, 11) is 1.30. The molecule has 4 nitrogen and oxygen atoms in total. The molecule has 0 radical (unpaired) electrons. The van der Waals surface area contributed by atoms with Crippen molar-refractivity contribution in [3.05, 3.63) is 48.0 Å². The number of unbranched alkanes of at least 4 members (excludes halogenated alkanes) is 2. The molecule has 110 valence electrons. The van der Waals surface area contributed by atoms with Crippen molar-refractivity contribution in [2.24, 2.45) is 0 Å². The van der Waals surface area contributed by atoms with E-state index in [-0.39, 0.29) is 6.61 Å². The minimum atomic E-state index is -0.639. The molecule has 0 spiro atoms. The Morgan fingerprint density at radius 1 is 1.20 bits per heavy atom. The third-order valence-corrected chi connectivity index (χ3v) is 2.78. The van der Waals surface area contributed by atoms with Gasteiger partial charge in [-0.25, -0.2) is 4.79 Å². The number of hydrogen-bond acceptors (Lipinski definition) is 4. The molecule has 1 aromatic rings. The Balaban J connectivity index is 1.90. The van der Waals surface area contributed by atoms with E-state index in [2.05, 4.69) is 34.3 Å². The number of nitrogens with one attached hydrogen (secondary N) is 1. The number of carbonyl (C=O) groups excluding carboxylic acids is 1. The van der Waals surface area contributed by atoms with Crippen LogP contribution in [0.2, 0.25) is 0 Å². The van der Waals surface area contributed by atoms with Gasteiger partial charge in [-0.2, -0.15) is 0 Å². The van der Waals surface area contributed by atoms with Crippen molar-refractivity contribution in [2.45, 2.75) is 25.8 Å². The summed E-state index contributed by atoms with van der Waals surface area (Å²) in [6, 6.07) is 10.4. The molecule has 20 heavy (non-hydrogen) atoms. The van der Waals surface area contributed by atoms with Gasteiger partial charge in [0.05, 0.1) is 7.11 Å². The molecule has 0 heterocycles. The van der Waals surface area contributed by atoms with Crippen LogP contribution in [0.4, 0.5) is 4.79 Å². The molecule has 0 aliphatic carbocycles. The molecule has 0 atom stereocenters. The third-order valence-electron chi connectivity index (χ3n) is 2.78. The van der Waals surface area contributed by atoms with Gasteiger partial charge >= 0.3 is 6.16 Å². The maximum absolute atomic E-state index is 10.6. The minimum absolute atomic E-state index is 0.277. The number of carbonyl (C=O) groups is 1. The number of hydrogen-bond donors (Lipinski definition) is 1. The minimum Gasteiger partial charge on any atom is -0.438 e. The number of benzene rings is 1. The predicted octanol–water partition coefficient (Wildman–Crippen LogP) is 3.29. The lowest BCUT2D eigenvalue weighted by molar-refractivity contribution is 0.0817. The summed E-state index contributed by atoms with van der Waals surface area (Å²) in [4.78, 5) is 10.6. The van der Waals surface area contributed by atoms with Crippen molar-refractivity contribution in [3.8, 4) is 0 Å². The molecule has 0 saturated carbocycles. The van der Waals surface area contributed by atoms with E-state index in [0.29, 0.717) is 0 Å². The molecule has 0 unspecified atom stereocenters. The molecular formula is C16H23NO3. The highest BCUT2D eigenvalue weighted by atomic mass is 16.7. The normalized spacial score (nSPS) is 10.7. The summed E-state index contributed by atoms with van der Waals surface area (Å²) in [5, 5.41) is 3.42. The largest absolute Gasteiger partial charge is 0.508 e. The molecule has 0 aliphatic heterocycles. The van der Waals surface area contributed by atoms with E-state index in [1.54, 1.807) is 0 Å². The van der Waals surface area contributed by atoms with Gasteiger partial charge < -0.3 is 14.8 Å². The average molecular weight is 277 g/mol. The van der Waals surface area contributed by atoms with Gasteiger partial charge in [0.25, 0.3) is 0 Å². The molecule has 1 aromatic carbocycles. The van der Waals surface area contributed by atoms with Crippen LogP contribution >= 0.6 is 0 Å². The van der Waals surface area contributed by atoms with E-state index in [0.717, 1.165) is 32.4 Å². The summed E-state index contributed by atoms with van der Waals surface area (Å²) in [5.41, 5.74) is 1.31. The Morgan fingerprint density at radius 2 is 2.00 bits per heavy atom. The molecule has 0 bridgehead atoms. The van der Waals surface area contributed by atoms with Gasteiger partial charge in [-0.1, -0.05) is 42.5 Å². The molecule has 0 saturated heterocycles. The zero-order chi connectivity index (χ0) is 14.5. The van der Waals surface area contributed by atoms with Crippen LogP contribution < -0.4 is 5.32 Å². The Kier molecular flexibility index (Phi) is 8.98. The fraction of sp³-hybridized carbons (Fsp3) is 0.438. The van der Waals surface area contributed by atoms with E-state index in [4.69, 9.17) is 4.74 Å². The highest BCUT2D eigenvalue weighted by Crippen LogP contribution is 1.99. The lowest BCUT2D eigenvalue weighted by atomic mass is 10.2. The predicted molar refractivity (Wildman–Crippen MR) is 79.5 cm³/mol. The van der Waals surface area contributed by atoms with Gasteiger partial charge in [0.2, 0.25) is 0 Å². The van der Waals surface area contributed by atoms with E-state index in [9.17, 15) is 4.79 Å². The first kappa shape index (κ1) is 16.2. The summed E-state index contributed by atoms with van der Waals surface area (Å²) in [6.07, 6.45) is 6.48. The fourth-order valence-electron chi connectivity index (χ4n) is 1.70. The highest BCUT2D eigenvalue weighted by molar-refractivity contribution is 5.59. The molecule has 0 aromatic heterocycles. The first-order valence-corrected chi connectivity index (χ1v) is 6.93. The molecule has 0 fully saturated rings. The zero-order valence-corrected chi connectivity index (χ0v) is 12.0. The summed E-state index contributed by atoms with van der Waals surface area (Å²) in [5.74, 6) is 0. The van der Waals surface area contributed by atoms with Crippen molar-refractivity contribution in [3.63, 3.8) is 0 Å². The molecule has 0 aliphatic rings. The van der Waals surface area contributed by atoms with Gasteiger partial charge in [0, 0.05) is 6.54 Å². The molecular weight excluding hydrogens is 254 g/mol. The smallest absolute Gasteiger partial charge is 0.438 e. The summed E-state index contributed by atoms with van der Waals surface area (Å²) >= 11 is 0. The number of ether oxygens (including phenoxy) is 2. The number of rotatable bonds is 9.